The summed E-state index contributed by atoms with van der Waals surface area (Å²) in [6.45, 7) is 1.74. The second-order valence-electron chi connectivity index (χ2n) is 5.04. The molecule has 0 aliphatic carbocycles. The highest BCUT2D eigenvalue weighted by Gasteiger charge is 2.21. The molecule has 0 saturated heterocycles. The summed E-state index contributed by atoms with van der Waals surface area (Å²) in [7, 11) is 0.684. The first-order valence-electron chi connectivity index (χ1n) is 6.73. The fourth-order valence-corrected chi connectivity index (χ4v) is 2.87. The number of anilines is 1. The molecule has 1 aromatic carbocycles. The van der Waals surface area contributed by atoms with Crippen LogP contribution in [0.3, 0.4) is 0 Å². The molecule has 0 bridgehead atoms. The maximum Gasteiger partial charge on any atom is 0.291 e. The lowest BCUT2D eigenvalue weighted by Gasteiger charge is -2.15. The minimum absolute atomic E-state index is 0.0507. The van der Waals surface area contributed by atoms with Gasteiger partial charge in [0.1, 0.15) is 5.75 Å². The number of nitrogens with zero attached hydrogens (tertiary/aromatic N) is 1. The number of benzene rings is 1. The van der Waals surface area contributed by atoms with Gasteiger partial charge in [0, 0.05) is 19.7 Å². The Labute approximate surface area is 134 Å². The van der Waals surface area contributed by atoms with Gasteiger partial charge in [-0.05, 0) is 31.2 Å². The maximum atomic E-state index is 12.2. The number of methoxy groups -OCH3 is 1. The van der Waals surface area contributed by atoms with Crippen LogP contribution in [-0.4, -0.2) is 39.8 Å². The molecule has 1 amide bonds. The fourth-order valence-electron chi connectivity index (χ4n) is 1.94. The van der Waals surface area contributed by atoms with Crippen LogP contribution in [0.4, 0.5) is 5.69 Å². The van der Waals surface area contributed by atoms with Gasteiger partial charge in [0.15, 0.2) is 5.76 Å². The minimum atomic E-state index is -3.62. The zero-order valence-corrected chi connectivity index (χ0v) is 14.1. The summed E-state index contributed by atoms with van der Waals surface area (Å²) in [6.07, 6.45) is 1.41. The predicted octanol–water partition coefficient (Wildman–Crippen LogP) is 2.10. The number of ether oxygens (including phenoxy) is 1. The van der Waals surface area contributed by atoms with Crippen molar-refractivity contribution < 1.29 is 22.4 Å². The first-order chi connectivity index (χ1) is 10.8. The Bertz CT molecular complexity index is 824. The quantitative estimate of drug-likeness (QED) is 0.902. The molecule has 1 aromatic heterocycles. The van der Waals surface area contributed by atoms with Crippen LogP contribution in [0.2, 0.25) is 0 Å². The normalized spacial score (nSPS) is 11.5. The summed E-state index contributed by atoms with van der Waals surface area (Å²) in [5.74, 6) is 0.0263. The third kappa shape index (κ3) is 3.38. The first kappa shape index (κ1) is 17.0. The highest BCUT2D eigenvalue weighted by molar-refractivity contribution is 7.89. The summed E-state index contributed by atoms with van der Waals surface area (Å²) < 4.78 is 35.8. The molecule has 2 aromatic rings. The highest BCUT2D eigenvalue weighted by atomic mass is 32.2. The lowest BCUT2D eigenvalue weighted by molar-refractivity contribution is 0.0995. The van der Waals surface area contributed by atoms with E-state index >= 15 is 0 Å². The molecule has 0 atom stereocenters. The Morgan fingerprint density at radius 2 is 1.96 bits per heavy atom. The molecular formula is C15H18N2O5S. The van der Waals surface area contributed by atoms with E-state index in [4.69, 9.17) is 9.15 Å². The molecule has 2 rings (SSSR count). The maximum absolute atomic E-state index is 12.2. The van der Waals surface area contributed by atoms with Crippen molar-refractivity contribution in [2.75, 3.05) is 26.5 Å². The number of carbonyl (C=O) groups is 1. The highest BCUT2D eigenvalue weighted by Crippen LogP contribution is 2.29. The summed E-state index contributed by atoms with van der Waals surface area (Å²) in [5, 5.41) is 2.62. The van der Waals surface area contributed by atoms with Gasteiger partial charge in [-0.3, -0.25) is 4.79 Å². The Kier molecular flexibility index (Phi) is 4.76. The Morgan fingerprint density at radius 3 is 2.48 bits per heavy atom. The summed E-state index contributed by atoms with van der Waals surface area (Å²) in [4.78, 5) is 12.3. The van der Waals surface area contributed by atoms with E-state index in [1.165, 1.54) is 45.7 Å². The molecule has 124 valence electrons. The van der Waals surface area contributed by atoms with Crippen molar-refractivity contribution in [1.29, 1.82) is 0 Å². The average molecular weight is 338 g/mol. The molecule has 1 N–H and O–H groups in total. The zero-order chi connectivity index (χ0) is 17.2. The minimum Gasteiger partial charge on any atom is -0.495 e. The van der Waals surface area contributed by atoms with Crippen molar-refractivity contribution >= 4 is 21.6 Å². The van der Waals surface area contributed by atoms with Gasteiger partial charge in [0.2, 0.25) is 10.0 Å². The molecule has 8 heteroatoms. The molecular weight excluding hydrogens is 320 g/mol. The van der Waals surface area contributed by atoms with Gasteiger partial charge >= 0.3 is 0 Å². The molecule has 0 aliphatic heterocycles. The van der Waals surface area contributed by atoms with E-state index < -0.39 is 15.9 Å². The molecule has 0 aliphatic rings. The van der Waals surface area contributed by atoms with E-state index in [2.05, 4.69) is 5.32 Å². The van der Waals surface area contributed by atoms with Crippen LogP contribution in [-0.2, 0) is 10.0 Å². The van der Waals surface area contributed by atoms with Crippen LogP contribution in [0, 0.1) is 6.92 Å². The molecule has 0 radical (unpaired) electrons. The lowest BCUT2D eigenvalue weighted by atomic mass is 10.2. The SMILES string of the molecule is COc1ccc(S(=O)(=O)N(C)C)cc1NC(=O)c1occc1C. The number of furan rings is 1. The summed E-state index contributed by atoms with van der Waals surface area (Å²) in [5.41, 5.74) is 0.926. The van der Waals surface area contributed by atoms with Crippen LogP contribution in [0.1, 0.15) is 16.1 Å². The molecule has 23 heavy (non-hydrogen) atoms. The van der Waals surface area contributed by atoms with Crippen molar-refractivity contribution in [3.8, 4) is 5.75 Å². The van der Waals surface area contributed by atoms with Crippen molar-refractivity contribution in [3.05, 3.63) is 41.9 Å². The number of sulfonamides is 1. The molecule has 7 nitrogen and oxygen atoms in total. The van der Waals surface area contributed by atoms with Crippen LogP contribution < -0.4 is 10.1 Å². The van der Waals surface area contributed by atoms with E-state index in [1.807, 2.05) is 0 Å². The van der Waals surface area contributed by atoms with Crippen molar-refractivity contribution in [3.63, 3.8) is 0 Å². The van der Waals surface area contributed by atoms with Crippen LogP contribution in [0.25, 0.3) is 0 Å². The topological polar surface area (TPSA) is 88.9 Å². The molecule has 0 spiro atoms. The lowest BCUT2D eigenvalue weighted by Crippen LogP contribution is -2.22. The monoisotopic (exact) mass is 338 g/mol. The number of hydrogen-bond donors (Lipinski definition) is 1. The van der Waals surface area contributed by atoms with Gasteiger partial charge in [-0.25, -0.2) is 12.7 Å². The number of aryl methyl sites for hydroxylation is 1. The van der Waals surface area contributed by atoms with Crippen molar-refractivity contribution in [2.24, 2.45) is 0 Å². The number of nitrogens with one attached hydrogen (secondary N) is 1. The standard InChI is InChI=1S/C15H18N2O5S/c1-10-7-8-22-14(10)15(18)16-12-9-11(5-6-13(12)21-4)23(19,20)17(2)3/h5-9H,1-4H3,(H,16,18). The zero-order valence-electron chi connectivity index (χ0n) is 13.3. The molecule has 1 heterocycles. The van der Waals surface area contributed by atoms with Gasteiger partial charge < -0.3 is 14.5 Å². The largest absolute Gasteiger partial charge is 0.495 e. The second kappa shape index (κ2) is 6.43. The van der Waals surface area contributed by atoms with E-state index in [9.17, 15) is 13.2 Å². The van der Waals surface area contributed by atoms with Crippen LogP contribution in [0.15, 0.2) is 39.8 Å². The van der Waals surface area contributed by atoms with Crippen LogP contribution in [0.5, 0.6) is 5.75 Å². The van der Waals surface area contributed by atoms with E-state index in [-0.39, 0.29) is 16.3 Å². The molecule has 0 fully saturated rings. The predicted molar refractivity (Wildman–Crippen MR) is 85.3 cm³/mol. The van der Waals surface area contributed by atoms with E-state index in [1.54, 1.807) is 13.0 Å². The van der Waals surface area contributed by atoms with Gasteiger partial charge in [-0.1, -0.05) is 0 Å². The number of rotatable bonds is 5. The third-order valence-electron chi connectivity index (χ3n) is 3.27. The van der Waals surface area contributed by atoms with E-state index in [0.717, 1.165) is 4.31 Å². The van der Waals surface area contributed by atoms with Gasteiger partial charge in [-0.15, -0.1) is 0 Å². The Hall–Kier alpha value is -2.32. The third-order valence-corrected chi connectivity index (χ3v) is 5.08. The Morgan fingerprint density at radius 1 is 1.26 bits per heavy atom. The summed E-state index contributed by atoms with van der Waals surface area (Å²) >= 11 is 0. The smallest absolute Gasteiger partial charge is 0.291 e. The second-order valence-corrected chi connectivity index (χ2v) is 7.19. The number of carbonyl (C=O) groups excluding carboxylic acids is 1. The van der Waals surface area contributed by atoms with Crippen molar-refractivity contribution in [1.82, 2.24) is 4.31 Å². The fraction of sp³-hybridized carbons (Fsp3) is 0.267. The summed E-state index contributed by atoms with van der Waals surface area (Å²) in [6, 6.07) is 5.92. The van der Waals surface area contributed by atoms with E-state index in [0.29, 0.717) is 11.3 Å². The first-order valence-corrected chi connectivity index (χ1v) is 8.17. The molecule has 0 unspecified atom stereocenters. The number of amides is 1. The van der Waals surface area contributed by atoms with Gasteiger partial charge in [0.05, 0.1) is 24.0 Å². The molecule has 0 saturated carbocycles. The van der Waals surface area contributed by atoms with Crippen LogP contribution >= 0.6 is 0 Å². The Balaban J connectivity index is 2.41. The van der Waals surface area contributed by atoms with Crippen molar-refractivity contribution in [2.45, 2.75) is 11.8 Å². The van der Waals surface area contributed by atoms with Gasteiger partial charge in [0.25, 0.3) is 5.91 Å². The van der Waals surface area contributed by atoms with Gasteiger partial charge in [-0.2, -0.15) is 0 Å². The average Bonchev–Trinajstić information content (AvgIpc) is 2.93. The number of hydrogen-bond acceptors (Lipinski definition) is 5.